The zero-order valence-electron chi connectivity index (χ0n) is 14.5. The van der Waals surface area contributed by atoms with Gasteiger partial charge in [0.1, 0.15) is 0 Å². The number of hydrogen-bond acceptors (Lipinski definition) is 0. The molecule has 1 fully saturated rings. The summed E-state index contributed by atoms with van der Waals surface area (Å²) < 4.78 is 0. The Bertz CT molecular complexity index is 180. The van der Waals surface area contributed by atoms with Gasteiger partial charge in [0.05, 0.1) is 0 Å². The van der Waals surface area contributed by atoms with E-state index in [2.05, 4.69) is 13.8 Å². The monoisotopic (exact) mass is 280 g/mol. The molecule has 0 aromatic rings. The third-order valence-corrected chi connectivity index (χ3v) is 5.33. The van der Waals surface area contributed by atoms with Crippen LogP contribution in [0.4, 0.5) is 0 Å². The Hall–Kier alpha value is 0. The fraction of sp³-hybridized carbons (Fsp3) is 1.00. The SMILES string of the molecule is CCCCCC1CCCCCCC(C)CCCCCC1. The zero-order chi connectivity index (χ0) is 14.5. The lowest BCUT2D eigenvalue weighted by molar-refractivity contribution is 0.356. The van der Waals surface area contributed by atoms with Crippen molar-refractivity contribution in [2.24, 2.45) is 11.8 Å². The van der Waals surface area contributed by atoms with Gasteiger partial charge in [0.25, 0.3) is 0 Å². The van der Waals surface area contributed by atoms with Crippen LogP contribution in [0.3, 0.4) is 0 Å². The minimum atomic E-state index is 0.986. The first-order chi connectivity index (χ1) is 9.83. The minimum Gasteiger partial charge on any atom is -0.0654 e. The quantitative estimate of drug-likeness (QED) is 0.467. The van der Waals surface area contributed by atoms with Gasteiger partial charge in [-0.1, -0.05) is 117 Å². The van der Waals surface area contributed by atoms with Crippen LogP contribution in [0.5, 0.6) is 0 Å². The molecule has 0 spiro atoms. The molecule has 0 unspecified atom stereocenters. The third-order valence-electron chi connectivity index (χ3n) is 5.33. The molecule has 0 saturated heterocycles. The molecule has 1 aliphatic carbocycles. The number of rotatable bonds is 4. The fourth-order valence-corrected chi connectivity index (χ4v) is 3.82. The van der Waals surface area contributed by atoms with E-state index in [4.69, 9.17) is 0 Å². The minimum absolute atomic E-state index is 0.986. The van der Waals surface area contributed by atoms with E-state index in [1.54, 1.807) is 0 Å². The Labute approximate surface area is 129 Å². The van der Waals surface area contributed by atoms with E-state index in [0.29, 0.717) is 0 Å². The van der Waals surface area contributed by atoms with Crippen LogP contribution in [-0.2, 0) is 0 Å². The predicted octanol–water partition coefficient (Wildman–Crippen LogP) is 7.51. The topological polar surface area (TPSA) is 0 Å². The van der Waals surface area contributed by atoms with E-state index < -0.39 is 0 Å². The molecular weight excluding hydrogens is 240 g/mol. The van der Waals surface area contributed by atoms with Gasteiger partial charge in [0.2, 0.25) is 0 Å². The van der Waals surface area contributed by atoms with Crippen LogP contribution in [0, 0.1) is 11.8 Å². The molecule has 0 aliphatic heterocycles. The lowest BCUT2D eigenvalue weighted by atomic mass is 9.88. The molecule has 0 bridgehead atoms. The van der Waals surface area contributed by atoms with Gasteiger partial charge in [0.15, 0.2) is 0 Å². The van der Waals surface area contributed by atoms with Crippen LogP contribution in [0.25, 0.3) is 0 Å². The summed E-state index contributed by atoms with van der Waals surface area (Å²) in [4.78, 5) is 0. The van der Waals surface area contributed by atoms with E-state index in [1.165, 1.54) is 103 Å². The van der Waals surface area contributed by atoms with E-state index in [9.17, 15) is 0 Å². The van der Waals surface area contributed by atoms with Crippen molar-refractivity contribution in [3.63, 3.8) is 0 Å². The summed E-state index contributed by atoms with van der Waals surface area (Å²) in [5.41, 5.74) is 0. The van der Waals surface area contributed by atoms with Gasteiger partial charge in [-0.2, -0.15) is 0 Å². The molecule has 1 rings (SSSR count). The van der Waals surface area contributed by atoms with Crippen LogP contribution in [-0.4, -0.2) is 0 Å². The highest BCUT2D eigenvalue weighted by molar-refractivity contribution is 4.63. The summed E-state index contributed by atoms with van der Waals surface area (Å²) in [6.45, 7) is 4.80. The Kier molecular flexibility index (Phi) is 11.5. The molecule has 0 aromatic carbocycles. The molecule has 0 aromatic heterocycles. The summed E-state index contributed by atoms with van der Waals surface area (Å²) in [6, 6.07) is 0. The lowest BCUT2D eigenvalue weighted by Crippen LogP contribution is -2.02. The molecule has 0 N–H and O–H groups in total. The standard InChI is InChI=1S/C20H40/c1-3-4-9-16-20-17-12-7-5-10-14-19(2)15-11-6-8-13-18-20/h19-20H,3-18H2,1-2H3. The first kappa shape index (κ1) is 18.1. The van der Waals surface area contributed by atoms with Crippen molar-refractivity contribution in [1.29, 1.82) is 0 Å². The summed E-state index contributed by atoms with van der Waals surface area (Å²) in [7, 11) is 0. The first-order valence-corrected chi connectivity index (χ1v) is 9.83. The molecule has 120 valence electrons. The van der Waals surface area contributed by atoms with Crippen LogP contribution < -0.4 is 0 Å². The summed E-state index contributed by atoms with van der Waals surface area (Å²) in [5.74, 6) is 2.04. The zero-order valence-corrected chi connectivity index (χ0v) is 14.5. The van der Waals surface area contributed by atoms with Gasteiger partial charge in [-0.3, -0.25) is 0 Å². The van der Waals surface area contributed by atoms with Crippen molar-refractivity contribution >= 4 is 0 Å². The van der Waals surface area contributed by atoms with Gasteiger partial charge in [-0.05, 0) is 11.8 Å². The van der Waals surface area contributed by atoms with Crippen molar-refractivity contribution in [3.05, 3.63) is 0 Å². The largest absolute Gasteiger partial charge is 0.0654 e. The second-order valence-corrected chi connectivity index (χ2v) is 7.45. The summed E-state index contributed by atoms with van der Waals surface area (Å²) >= 11 is 0. The molecule has 0 nitrogen and oxygen atoms in total. The highest BCUT2D eigenvalue weighted by atomic mass is 14.2. The van der Waals surface area contributed by atoms with Crippen molar-refractivity contribution in [2.75, 3.05) is 0 Å². The maximum absolute atomic E-state index is 2.47. The van der Waals surface area contributed by atoms with Crippen LogP contribution >= 0.6 is 0 Å². The smallest absolute Gasteiger partial charge is 0.0414 e. The average molecular weight is 281 g/mol. The molecule has 1 aliphatic rings. The summed E-state index contributed by atoms with van der Waals surface area (Å²) in [6.07, 6.45) is 23.8. The molecule has 0 amide bonds. The van der Waals surface area contributed by atoms with E-state index in [1.807, 2.05) is 0 Å². The summed E-state index contributed by atoms with van der Waals surface area (Å²) in [5, 5.41) is 0. The molecule has 0 radical (unpaired) electrons. The van der Waals surface area contributed by atoms with Gasteiger partial charge >= 0.3 is 0 Å². The van der Waals surface area contributed by atoms with E-state index >= 15 is 0 Å². The van der Waals surface area contributed by atoms with Crippen molar-refractivity contribution in [3.8, 4) is 0 Å². The highest BCUT2D eigenvalue weighted by Gasteiger charge is 2.09. The normalized spacial score (nSPS) is 27.9. The lowest BCUT2D eigenvalue weighted by Gasteiger charge is -2.18. The van der Waals surface area contributed by atoms with Crippen molar-refractivity contribution < 1.29 is 0 Å². The first-order valence-electron chi connectivity index (χ1n) is 9.83. The maximum Gasteiger partial charge on any atom is -0.0414 e. The Morgan fingerprint density at radius 3 is 1.65 bits per heavy atom. The predicted molar refractivity (Wildman–Crippen MR) is 92.2 cm³/mol. The Morgan fingerprint density at radius 2 is 1.15 bits per heavy atom. The Morgan fingerprint density at radius 1 is 0.650 bits per heavy atom. The molecule has 0 heteroatoms. The van der Waals surface area contributed by atoms with E-state index in [-0.39, 0.29) is 0 Å². The second kappa shape index (κ2) is 12.7. The van der Waals surface area contributed by atoms with Gasteiger partial charge in [-0.15, -0.1) is 0 Å². The van der Waals surface area contributed by atoms with Crippen molar-refractivity contribution in [2.45, 2.75) is 117 Å². The Balaban J connectivity index is 2.24. The van der Waals surface area contributed by atoms with Gasteiger partial charge in [0, 0.05) is 0 Å². The highest BCUT2D eigenvalue weighted by Crippen LogP contribution is 2.25. The van der Waals surface area contributed by atoms with Crippen molar-refractivity contribution in [1.82, 2.24) is 0 Å². The number of hydrogen-bond donors (Lipinski definition) is 0. The van der Waals surface area contributed by atoms with E-state index in [0.717, 1.165) is 11.8 Å². The van der Waals surface area contributed by atoms with Crippen LogP contribution in [0.15, 0.2) is 0 Å². The molecular formula is C20H40. The molecule has 0 atom stereocenters. The van der Waals surface area contributed by atoms with Crippen LogP contribution in [0.1, 0.15) is 117 Å². The molecule has 20 heavy (non-hydrogen) atoms. The average Bonchev–Trinajstić information content (AvgIpc) is 2.45. The fourth-order valence-electron chi connectivity index (χ4n) is 3.82. The number of unbranched alkanes of at least 4 members (excludes halogenated alkanes) is 2. The molecule has 0 heterocycles. The molecule has 1 saturated carbocycles. The maximum atomic E-state index is 2.47. The second-order valence-electron chi connectivity index (χ2n) is 7.45. The van der Waals surface area contributed by atoms with Gasteiger partial charge in [-0.25, -0.2) is 0 Å². The van der Waals surface area contributed by atoms with Crippen LogP contribution in [0.2, 0.25) is 0 Å². The third kappa shape index (κ3) is 9.83. The van der Waals surface area contributed by atoms with Gasteiger partial charge < -0.3 is 0 Å².